The second-order valence-electron chi connectivity index (χ2n) is 3.77. The van der Waals surface area contributed by atoms with Crippen LogP contribution in [0.1, 0.15) is 11.1 Å². The topological polar surface area (TPSA) is 23.8 Å². The van der Waals surface area contributed by atoms with Crippen LogP contribution < -0.4 is 0 Å². The zero-order chi connectivity index (χ0) is 12.4. The standard InChI is InChI=1S/C14H9F2N/c1-9-5-14(16)12(7-13(9)15)11-4-2-3-10(6-11)8-17/h2-7H,1H3. The van der Waals surface area contributed by atoms with Crippen molar-refractivity contribution in [1.82, 2.24) is 0 Å². The van der Waals surface area contributed by atoms with Crippen molar-refractivity contribution in [3.8, 4) is 17.2 Å². The van der Waals surface area contributed by atoms with Crippen LogP contribution in [0, 0.1) is 29.9 Å². The maximum Gasteiger partial charge on any atom is 0.131 e. The van der Waals surface area contributed by atoms with Gasteiger partial charge in [0.25, 0.3) is 0 Å². The lowest BCUT2D eigenvalue weighted by Crippen LogP contribution is -1.90. The van der Waals surface area contributed by atoms with Crippen molar-refractivity contribution in [2.75, 3.05) is 0 Å². The van der Waals surface area contributed by atoms with Crippen molar-refractivity contribution in [2.24, 2.45) is 0 Å². The maximum absolute atomic E-state index is 13.7. The van der Waals surface area contributed by atoms with Crippen molar-refractivity contribution in [3.63, 3.8) is 0 Å². The fraction of sp³-hybridized carbons (Fsp3) is 0.0714. The normalized spacial score (nSPS) is 10.0. The Balaban J connectivity index is 2.61. The van der Waals surface area contributed by atoms with E-state index in [0.717, 1.165) is 12.1 Å². The van der Waals surface area contributed by atoms with E-state index in [4.69, 9.17) is 5.26 Å². The molecule has 0 N–H and O–H groups in total. The molecule has 0 saturated heterocycles. The van der Waals surface area contributed by atoms with Crippen LogP contribution in [0.25, 0.3) is 11.1 Å². The van der Waals surface area contributed by atoms with E-state index in [9.17, 15) is 8.78 Å². The molecule has 0 aliphatic rings. The Kier molecular flexibility index (Phi) is 2.88. The van der Waals surface area contributed by atoms with Gasteiger partial charge in [-0.25, -0.2) is 8.78 Å². The number of nitriles is 1. The summed E-state index contributed by atoms with van der Waals surface area (Å²) in [5.41, 5.74) is 1.36. The van der Waals surface area contributed by atoms with Crippen molar-refractivity contribution in [1.29, 1.82) is 5.26 Å². The van der Waals surface area contributed by atoms with E-state index >= 15 is 0 Å². The fourth-order valence-corrected chi connectivity index (χ4v) is 1.62. The Morgan fingerprint density at radius 1 is 1.06 bits per heavy atom. The molecule has 84 valence electrons. The molecule has 0 amide bonds. The Morgan fingerprint density at radius 2 is 1.82 bits per heavy atom. The molecule has 0 atom stereocenters. The third-order valence-electron chi connectivity index (χ3n) is 2.55. The molecule has 0 aliphatic carbocycles. The molecule has 0 aliphatic heterocycles. The first-order valence-electron chi connectivity index (χ1n) is 5.08. The summed E-state index contributed by atoms with van der Waals surface area (Å²) in [5, 5.41) is 8.76. The van der Waals surface area contributed by atoms with E-state index in [2.05, 4.69) is 0 Å². The Hall–Kier alpha value is -2.21. The summed E-state index contributed by atoms with van der Waals surface area (Å²) in [6.07, 6.45) is 0. The highest BCUT2D eigenvalue weighted by atomic mass is 19.1. The van der Waals surface area contributed by atoms with Crippen molar-refractivity contribution in [2.45, 2.75) is 6.92 Å². The quantitative estimate of drug-likeness (QED) is 0.729. The Bertz CT molecular complexity index is 612. The van der Waals surface area contributed by atoms with Crippen LogP contribution in [-0.4, -0.2) is 0 Å². The highest BCUT2D eigenvalue weighted by Crippen LogP contribution is 2.25. The second-order valence-corrected chi connectivity index (χ2v) is 3.77. The number of hydrogen-bond acceptors (Lipinski definition) is 1. The first-order valence-corrected chi connectivity index (χ1v) is 5.08. The van der Waals surface area contributed by atoms with Gasteiger partial charge in [-0.1, -0.05) is 12.1 Å². The van der Waals surface area contributed by atoms with Crippen LogP contribution in [0.5, 0.6) is 0 Å². The number of hydrogen-bond donors (Lipinski definition) is 0. The zero-order valence-electron chi connectivity index (χ0n) is 9.17. The molecule has 0 spiro atoms. The molecular weight excluding hydrogens is 220 g/mol. The fourth-order valence-electron chi connectivity index (χ4n) is 1.62. The molecule has 2 rings (SSSR count). The van der Waals surface area contributed by atoms with Gasteiger partial charge in [0.2, 0.25) is 0 Å². The van der Waals surface area contributed by atoms with Crippen LogP contribution in [0.4, 0.5) is 8.78 Å². The summed E-state index contributed by atoms with van der Waals surface area (Å²) in [4.78, 5) is 0. The van der Waals surface area contributed by atoms with E-state index in [-0.39, 0.29) is 11.1 Å². The molecule has 2 aromatic carbocycles. The molecule has 0 unspecified atom stereocenters. The Labute approximate surface area is 97.9 Å². The maximum atomic E-state index is 13.7. The minimum absolute atomic E-state index is 0.171. The van der Waals surface area contributed by atoms with Crippen molar-refractivity contribution < 1.29 is 8.78 Å². The van der Waals surface area contributed by atoms with Crippen LogP contribution in [-0.2, 0) is 0 Å². The third-order valence-corrected chi connectivity index (χ3v) is 2.55. The molecule has 0 heterocycles. The number of nitrogens with zero attached hydrogens (tertiary/aromatic N) is 1. The summed E-state index contributed by atoms with van der Waals surface area (Å²) in [6.45, 7) is 1.51. The molecule has 0 aromatic heterocycles. The predicted octanol–water partition coefficient (Wildman–Crippen LogP) is 3.81. The highest BCUT2D eigenvalue weighted by molar-refractivity contribution is 5.66. The van der Waals surface area contributed by atoms with Crippen LogP contribution in [0.15, 0.2) is 36.4 Å². The Morgan fingerprint density at radius 3 is 2.53 bits per heavy atom. The van der Waals surface area contributed by atoms with Gasteiger partial charge in [0, 0.05) is 5.56 Å². The SMILES string of the molecule is Cc1cc(F)c(-c2cccc(C#N)c2)cc1F. The van der Waals surface area contributed by atoms with Gasteiger partial charge >= 0.3 is 0 Å². The van der Waals surface area contributed by atoms with Gasteiger partial charge in [-0.15, -0.1) is 0 Å². The summed E-state index contributed by atoms with van der Waals surface area (Å²) < 4.78 is 27.1. The van der Waals surface area contributed by atoms with Gasteiger partial charge < -0.3 is 0 Å². The van der Waals surface area contributed by atoms with Gasteiger partial charge in [0.05, 0.1) is 11.6 Å². The molecule has 0 fully saturated rings. The molecule has 0 bridgehead atoms. The summed E-state index contributed by atoms with van der Waals surface area (Å²) in [7, 11) is 0. The molecule has 0 saturated carbocycles. The first-order chi connectivity index (χ1) is 8.11. The van der Waals surface area contributed by atoms with Gasteiger partial charge in [-0.2, -0.15) is 5.26 Å². The minimum atomic E-state index is -0.487. The van der Waals surface area contributed by atoms with E-state index in [1.807, 2.05) is 6.07 Å². The molecule has 17 heavy (non-hydrogen) atoms. The second kappa shape index (κ2) is 4.34. The number of rotatable bonds is 1. The highest BCUT2D eigenvalue weighted by Gasteiger charge is 2.09. The third kappa shape index (κ3) is 2.16. The average molecular weight is 229 g/mol. The van der Waals surface area contributed by atoms with Crippen LogP contribution in [0.3, 0.4) is 0 Å². The van der Waals surface area contributed by atoms with Crippen LogP contribution in [0.2, 0.25) is 0 Å². The largest absolute Gasteiger partial charge is 0.207 e. The summed E-state index contributed by atoms with van der Waals surface area (Å²) in [5.74, 6) is -0.942. The van der Waals surface area contributed by atoms with Gasteiger partial charge in [0.15, 0.2) is 0 Å². The first kappa shape index (κ1) is 11.3. The lowest BCUT2D eigenvalue weighted by atomic mass is 10.0. The predicted molar refractivity (Wildman–Crippen MR) is 61.2 cm³/mol. The summed E-state index contributed by atoms with van der Waals surface area (Å²) in [6, 6.07) is 10.7. The summed E-state index contributed by atoms with van der Waals surface area (Å²) >= 11 is 0. The lowest BCUT2D eigenvalue weighted by Gasteiger charge is -2.06. The van der Waals surface area contributed by atoms with Gasteiger partial charge in [-0.05, 0) is 42.3 Å². The number of aryl methyl sites for hydroxylation is 1. The van der Waals surface area contributed by atoms with Gasteiger partial charge in [0.1, 0.15) is 11.6 Å². The molecular formula is C14H9F2N. The molecule has 3 heteroatoms. The number of benzene rings is 2. The van der Waals surface area contributed by atoms with E-state index in [0.29, 0.717) is 11.1 Å². The van der Waals surface area contributed by atoms with E-state index < -0.39 is 11.6 Å². The van der Waals surface area contributed by atoms with Crippen LogP contribution >= 0.6 is 0 Å². The molecule has 2 aromatic rings. The van der Waals surface area contributed by atoms with E-state index in [1.54, 1.807) is 18.2 Å². The average Bonchev–Trinajstić information content (AvgIpc) is 2.34. The van der Waals surface area contributed by atoms with Gasteiger partial charge in [-0.3, -0.25) is 0 Å². The minimum Gasteiger partial charge on any atom is -0.207 e. The monoisotopic (exact) mass is 229 g/mol. The number of halogens is 2. The molecule has 0 radical (unpaired) electrons. The zero-order valence-corrected chi connectivity index (χ0v) is 9.17. The smallest absolute Gasteiger partial charge is 0.131 e. The molecule has 1 nitrogen and oxygen atoms in total. The van der Waals surface area contributed by atoms with E-state index in [1.165, 1.54) is 13.0 Å². The lowest BCUT2D eigenvalue weighted by molar-refractivity contribution is 0.595. The van der Waals surface area contributed by atoms with Crippen molar-refractivity contribution >= 4 is 0 Å². The van der Waals surface area contributed by atoms with Crippen molar-refractivity contribution in [3.05, 3.63) is 59.2 Å².